The maximum absolute atomic E-state index is 12.7. The zero-order valence-electron chi connectivity index (χ0n) is 15.2. The van der Waals surface area contributed by atoms with E-state index in [-0.39, 0.29) is 23.9 Å². The van der Waals surface area contributed by atoms with Gasteiger partial charge in [0, 0.05) is 35.9 Å². The number of likely N-dealkylation sites (tertiary alicyclic amines) is 1. The van der Waals surface area contributed by atoms with Crippen LogP contribution in [0.4, 0.5) is 0 Å². The molecule has 2 aliphatic rings. The lowest BCUT2D eigenvalue weighted by atomic mass is 10.0. The van der Waals surface area contributed by atoms with Crippen LogP contribution in [0.1, 0.15) is 25.0 Å². The monoisotopic (exact) mass is 405 g/mol. The van der Waals surface area contributed by atoms with Gasteiger partial charge in [0.15, 0.2) is 0 Å². The number of thiazole rings is 1. The van der Waals surface area contributed by atoms with Gasteiger partial charge in [0.2, 0.25) is 15.9 Å². The van der Waals surface area contributed by atoms with Gasteiger partial charge >= 0.3 is 0 Å². The fourth-order valence-corrected chi connectivity index (χ4v) is 5.35. The largest absolute Gasteiger partial charge is 0.337 e. The van der Waals surface area contributed by atoms with Gasteiger partial charge in [-0.15, -0.1) is 11.3 Å². The van der Waals surface area contributed by atoms with Gasteiger partial charge in [-0.1, -0.05) is 30.3 Å². The van der Waals surface area contributed by atoms with E-state index in [4.69, 9.17) is 4.98 Å². The third-order valence-electron chi connectivity index (χ3n) is 5.11. The van der Waals surface area contributed by atoms with E-state index in [1.807, 2.05) is 40.6 Å². The Hall–Kier alpha value is -1.77. The van der Waals surface area contributed by atoms with Gasteiger partial charge in [-0.3, -0.25) is 4.79 Å². The lowest BCUT2D eigenvalue weighted by Gasteiger charge is -2.28. The fourth-order valence-electron chi connectivity index (χ4n) is 3.69. The normalized spacial score (nSPS) is 22.9. The fraction of sp³-hybridized carbons (Fsp3) is 0.474. The van der Waals surface area contributed by atoms with Crippen LogP contribution in [0.3, 0.4) is 0 Å². The Bertz CT molecular complexity index is 923. The van der Waals surface area contributed by atoms with E-state index < -0.39 is 10.0 Å². The summed E-state index contributed by atoms with van der Waals surface area (Å²) in [4.78, 5) is 19.3. The van der Waals surface area contributed by atoms with Crippen LogP contribution >= 0.6 is 11.3 Å². The lowest BCUT2D eigenvalue weighted by Crippen LogP contribution is -2.48. The van der Waals surface area contributed by atoms with E-state index in [9.17, 15) is 13.2 Å². The van der Waals surface area contributed by atoms with E-state index in [0.29, 0.717) is 19.4 Å². The van der Waals surface area contributed by atoms with Crippen molar-refractivity contribution in [1.82, 2.24) is 14.6 Å². The van der Waals surface area contributed by atoms with E-state index in [0.717, 1.165) is 29.1 Å². The van der Waals surface area contributed by atoms with Crippen molar-refractivity contribution < 1.29 is 13.2 Å². The van der Waals surface area contributed by atoms with Gasteiger partial charge < -0.3 is 4.90 Å². The summed E-state index contributed by atoms with van der Waals surface area (Å²) in [5.74, 6) is 0.288. The number of benzene rings is 1. The highest BCUT2D eigenvalue weighted by Gasteiger charge is 2.43. The van der Waals surface area contributed by atoms with Crippen molar-refractivity contribution in [3.05, 3.63) is 41.4 Å². The summed E-state index contributed by atoms with van der Waals surface area (Å²) < 4.78 is 26.3. The highest BCUT2D eigenvalue weighted by Crippen LogP contribution is 2.35. The summed E-state index contributed by atoms with van der Waals surface area (Å²) >= 11 is 1.58. The maximum atomic E-state index is 12.7. The molecule has 0 bridgehead atoms. The molecule has 2 aromatic rings. The van der Waals surface area contributed by atoms with E-state index in [1.54, 1.807) is 11.3 Å². The van der Waals surface area contributed by atoms with Gasteiger partial charge in [-0.05, 0) is 19.3 Å². The predicted molar refractivity (Wildman–Crippen MR) is 106 cm³/mol. The van der Waals surface area contributed by atoms with Crippen molar-refractivity contribution in [2.24, 2.45) is 5.92 Å². The van der Waals surface area contributed by atoms with Crippen LogP contribution in [-0.4, -0.2) is 49.1 Å². The molecule has 0 radical (unpaired) electrons. The number of sulfonamides is 1. The molecule has 4 rings (SSSR count). The van der Waals surface area contributed by atoms with Crippen LogP contribution < -0.4 is 4.72 Å². The second kappa shape index (κ2) is 7.33. The first-order valence-electron chi connectivity index (χ1n) is 9.18. The Morgan fingerprint density at radius 1 is 1.26 bits per heavy atom. The van der Waals surface area contributed by atoms with Crippen LogP contribution in [0.2, 0.25) is 0 Å². The standard InChI is InChI=1S/C19H23N3O3S2/c1-27(24,25)21-16-9-10-22(19(23)14-7-8-14)17(16)11-15-12-26-18(20-15)13-5-3-2-4-6-13/h2-6,12,14,16-17,21H,7-11H2,1H3/t16-,17-/m0/s1. The first kappa shape index (κ1) is 18.6. The first-order valence-corrected chi connectivity index (χ1v) is 12.0. The molecule has 2 heterocycles. The molecule has 27 heavy (non-hydrogen) atoms. The highest BCUT2D eigenvalue weighted by atomic mass is 32.2. The summed E-state index contributed by atoms with van der Waals surface area (Å²) in [6, 6.07) is 9.54. The van der Waals surface area contributed by atoms with Gasteiger partial charge in [0.1, 0.15) is 5.01 Å². The topological polar surface area (TPSA) is 79.4 Å². The number of carbonyl (C=O) groups excluding carboxylic acids is 1. The molecule has 0 unspecified atom stereocenters. The van der Waals surface area contributed by atoms with E-state index >= 15 is 0 Å². The number of nitrogens with zero attached hydrogens (tertiary/aromatic N) is 2. The van der Waals surface area contributed by atoms with Crippen LogP contribution in [0.25, 0.3) is 10.6 Å². The molecule has 144 valence electrons. The minimum Gasteiger partial charge on any atom is -0.337 e. The van der Waals surface area contributed by atoms with Gasteiger partial charge in [-0.25, -0.2) is 18.1 Å². The van der Waals surface area contributed by atoms with Crippen molar-refractivity contribution in [2.75, 3.05) is 12.8 Å². The van der Waals surface area contributed by atoms with Gasteiger partial charge in [-0.2, -0.15) is 0 Å². The number of hydrogen-bond acceptors (Lipinski definition) is 5. The highest BCUT2D eigenvalue weighted by molar-refractivity contribution is 7.88. The average molecular weight is 406 g/mol. The smallest absolute Gasteiger partial charge is 0.225 e. The summed E-state index contributed by atoms with van der Waals surface area (Å²) in [7, 11) is -3.33. The van der Waals surface area contributed by atoms with Gasteiger partial charge in [0.25, 0.3) is 0 Å². The Kier molecular flexibility index (Phi) is 5.05. The van der Waals surface area contributed by atoms with Crippen molar-refractivity contribution in [3.63, 3.8) is 0 Å². The van der Waals surface area contributed by atoms with Crippen molar-refractivity contribution in [3.8, 4) is 10.6 Å². The molecule has 1 aromatic heterocycles. The first-order chi connectivity index (χ1) is 12.9. The second-order valence-corrected chi connectivity index (χ2v) is 10.0. The van der Waals surface area contributed by atoms with Crippen molar-refractivity contribution >= 4 is 27.3 Å². The summed E-state index contributed by atoms with van der Waals surface area (Å²) in [6.45, 7) is 0.600. The molecular formula is C19H23N3O3S2. The van der Waals surface area contributed by atoms with Crippen LogP contribution in [0.5, 0.6) is 0 Å². The second-order valence-electron chi connectivity index (χ2n) is 7.37. The molecule has 2 fully saturated rings. The number of hydrogen-bond donors (Lipinski definition) is 1. The van der Waals surface area contributed by atoms with Gasteiger partial charge in [0.05, 0.1) is 18.0 Å². The Morgan fingerprint density at radius 2 is 2.00 bits per heavy atom. The number of carbonyl (C=O) groups is 1. The number of aromatic nitrogens is 1. The Labute approximate surface area is 163 Å². The van der Waals surface area contributed by atoms with E-state index in [2.05, 4.69) is 4.72 Å². The number of nitrogens with one attached hydrogen (secondary N) is 1. The minimum atomic E-state index is -3.33. The molecule has 1 aliphatic heterocycles. The third-order valence-corrected chi connectivity index (χ3v) is 6.78. The molecule has 1 aliphatic carbocycles. The summed E-state index contributed by atoms with van der Waals surface area (Å²) in [5, 5.41) is 2.95. The number of amides is 1. The molecule has 6 nitrogen and oxygen atoms in total. The van der Waals surface area contributed by atoms with Crippen molar-refractivity contribution in [2.45, 2.75) is 37.8 Å². The lowest BCUT2D eigenvalue weighted by molar-refractivity contribution is -0.133. The SMILES string of the molecule is CS(=O)(=O)N[C@H]1CCN(C(=O)C2CC2)[C@H]1Cc1csc(-c2ccccc2)n1. The average Bonchev–Trinajstić information content (AvgIpc) is 3.27. The molecule has 1 amide bonds. The Balaban J connectivity index is 1.55. The Morgan fingerprint density at radius 3 is 2.67 bits per heavy atom. The molecule has 2 atom stereocenters. The molecule has 1 N–H and O–H groups in total. The van der Waals surface area contributed by atoms with Crippen LogP contribution in [-0.2, 0) is 21.2 Å². The molecular weight excluding hydrogens is 382 g/mol. The quantitative estimate of drug-likeness (QED) is 0.800. The minimum absolute atomic E-state index is 0.125. The van der Waals surface area contributed by atoms with Crippen molar-refractivity contribution in [1.29, 1.82) is 0 Å². The van der Waals surface area contributed by atoms with Crippen LogP contribution in [0.15, 0.2) is 35.7 Å². The summed E-state index contributed by atoms with van der Waals surface area (Å²) in [6.07, 6.45) is 4.27. The van der Waals surface area contributed by atoms with Crippen LogP contribution in [0, 0.1) is 5.92 Å². The number of rotatable bonds is 6. The van der Waals surface area contributed by atoms with E-state index in [1.165, 1.54) is 6.26 Å². The molecule has 1 saturated heterocycles. The molecule has 0 spiro atoms. The zero-order valence-corrected chi connectivity index (χ0v) is 16.8. The summed E-state index contributed by atoms with van der Waals surface area (Å²) in [5.41, 5.74) is 1.97. The predicted octanol–water partition coefficient (Wildman–Crippen LogP) is 2.28. The molecule has 1 aromatic carbocycles. The maximum Gasteiger partial charge on any atom is 0.225 e. The third kappa shape index (κ3) is 4.39. The zero-order chi connectivity index (χ0) is 19.0. The molecule has 8 heteroatoms. The molecule has 1 saturated carbocycles.